The van der Waals surface area contributed by atoms with E-state index < -0.39 is 12.0 Å². The highest BCUT2D eigenvalue weighted by atomic mass is 16.5. The standard InChI is InChI=1S/C25H27NO3/c1-19-11-13-23(14-12-19)26(20(2)25(27)28)16-15-21-9-6-10-24(17-21)29-18-22-7-4-3-5-8-22/h3-14,17,20H,15-16,18H2,1-2H3,(H,27,28)/t20-/m1/s1. The van der Waals surface area contributed by atoms with Crippen molar-refractivity contribution in [3.8, 4) is 5.75 Å². The number of carboxylic acids is 1. The Morgan fingerprint density at radius 1 is 0.966 bits per heavy atom. The number of carboxylic acid groups (broad SMARTS) is 1. The third kappa shape index (κ3) is 5.85. The van der Waals surface area contributed by atoms with Crippen LogP contribution in [0.1, 0.15) is 23.6 Å². The van der Waals surface area contributed by atoms with Crippen molar-refractivity contribution in [2.75, 3.05) is 11.4 Å². The maximum absolute atomic E-state index is 11.6. The second kappa shape index (κ2) is 9.78. The van der Waals surface area contributed by atoms with Crippen molar-refractivity contribution in [1.82, 2.24) is 0 Å². The van der Waals surface area contributed by atoms with Gasteiger partial charge in [-0.25, -0.2) is 4.79 Å². The lowest BCUT2D eigenvalue weighted by Gasteiger charge is -2.29. The number of benzene rings is 3. The van der Waals surface area contributed by atoms with Crippen molar-refractivity contribution >= 4 is 11.7 Å². The Bertz CT molecular complexity index is 922. The molecule has 3 aromatic carbocycles. The van der Waals surface area contributed by atoms with Crippen LogP contribution < -0.4 is 9.64 Å². The van der Waals surface area contributed by atoms with Gasteiger partial charge >= 0.3 is 5.97 Å². The summed E-state index contributed by atoms with van der Waals surface area (Å²) in [5, 5.41) is 9.53. The number of rotatable bonds is 9. The van der Waals surface area contributed by atoms with Gasteiger partial charge in [-0.05, 0) is 55.7 Å². The lowest BCUT2D eigenvalue weighted by atomic mass is 10.1. The van der Waals surface area contributed by atoms with Crippen LogP contribution in [0.2, 0.25) is 0 Å². The van der Waals surface area contributed by atoms with Gasteiger partial charge in [-0.15, -0.1) is 0 Å². The maximum Gasteiger partial charge on any atom is 0.326 e. The van der Waals surface area contributed by atoms with E-state index in [1.165, 1.54) is 0 Å². The summed E-state index contributed by atoms with van der Waals surface area (Å²) in [6.07, 6.45) is 0.730. The molecule has 0 spiro atoms. The van der Waals surface area contributed by atoms with E-state index in [1.807, 2.05) is 90.7 Å². The van der Waals surface area contributed by atoms with Crippen LogP contribution >= 0.6 is 0 Å². The quantitative estimate of drug-likeness (QED) is 0.553. The molecule has 4 heteroatoms. The SMILES string of the molecule is Cc1ccc(N(CCc2cccc(OCc3ccccc3)c2)[C@H](C)C(=O)O)cc1. The highest BCUT2D eigenvalue weighted by molar-refractivity contribution is 5.77. The monoisotopic (exact) mass is 389 g/mol. The predicted molar refractivity (Wildman–Crippen MR) is 117 cm³/mol. The summed E-state index contributed by atoms with van der Waals surface area (Å²) < 4.78 is 5.92. The first-order chi connectivity index (χ1) is 14.0. The zero-order valence-corrected chi connectivity index (χ0v) is 16.9. The molecule has 0 aromatic heterocycles. The van der Waals surface area contributed by atoms with Crippen molar-refractivity contribution in [1.29, 1.82) is 0 Å². The van der Waals surface area contributed by atoms with Crippen molar-refractivity contribution in [2.24, 2.45) is 0 Å². The van der Waals surface area contributed by atoms with Crippen LogP contribution in [0.15, 0.2) is 78.9 Å². The van der Waals surface area contributed by atoms with Gasteiger partial charge in [-0.2, -0.15) is 0 Å². The van der Waals surface area contributed by atoms with Crippen LogP contribution in [0.25, 0.3) is 0 Å². The van der Waals surface area contributed by atoms with Crippen molar-refractivity contribution < 1.29 is 14.6 Å². The molecular weight excluding hydrogens is 362 g/mol. The molecule has 0 fully saturated rings. The average molecular weight is 389 g/mol. The molecule has 3 aromatic rings. The lowest BCUT2D eigenvalue weighted by Crippen LogP contribution is -2.40. The third-order valence-corrected chi connectivity index (χ3v) is 4.98. The molecule has 0 saturated carbocycles. The summed E-state index contributed by atoms with van der Waals surface area (Å²) in [6.45, 7) is 4.88. The zero-order valence-electron chi connectivity index (χ0n) is 16.9. The highest BCUT2D eigenvalue weighted by Gasteiger charge is 2.20. The Balaban J connectivity index is 1.67. The van der Waals surface area contributed by atoms with Gasteiger partial charge in [0.15, 0.2) is 0 Å². The van der Waals surface area contributed by atoms with Crippen LogP contribution in [0, 0.1) is 6.92 Å². The largest absolute Gasteiger partial charge is 0.489 e. The molecule has 0 saturated heterocycles. The van der Waals surface area contributed by atoms with Gasteiger partial charge in [0.05, 0.1) is 0 Å². The van der Waals surface area contributed by atoms with E-state index in [2.05, 4.69) is 0 Å². The Morgan fingerprint density at radius 2 is 1.66 bits per heavy atom. The Hall–Kier alpha value is -3.27. The van der Waals surface area contributed by atoms with Crippen LogP contribution in [0.4, 0.5) is 5.69 Å². The van der Waals surface area contributed by atoms with E-state index in [-0.39, 0.29) is 0 Å². The molecule has 0 aliphatic carbocycles. The van der Waals surface area contributed by atoms with Crippen LogP contribution in [0.5, 0.6) is 5.75 Å². The summed E-state index contributed by atoms with van der Waals surface area (Å²) in [7, 11) is 0. The van der Waals surface area contributed by atoms with Crippen LogP contribution in [-0.2, 0) is 17.8 Å². The fourth-order valence-electron chi connectivity index (χ4n) is 3.20. The summed E-state index contributed by atoms with van der Waals surface area (Å²) in [5.74, 6) is -0.00922. The van der Waals surface area contributed by atoms with Gasteiger partial charge in [0.25, 0.3) is 0 Å². The van der Waals surface area contributed by atoms with Gasteiger partial charge in [0.1, 0.15) is 18.4 Å². The summed E-state index contributed by atoms with van der Waals surface area (Å²) in [5.41, 5.74) is 4.31. The molecular formula is C25H27NO3. The number of aliphatic carboxylic acids is 1. The molecule has 1 N–H and O–H groups in total. The number of hydrogen-bond acceptors (Lipinski definition) is 3. The predicted octanol–water partition coefficient (Wildman–Crippen LogP) is 5.10. The molecule has 0 aliphatic heterocycles. The number of nitrogens with zero attached hydrogens (tertiary/aromatic N) is 1. The summed E-state index contributed by atoms with van der Waals surface area (Å²) in [4.78, 5) is 13.5. The van der Waals surface area contributed by atoms with E-state index >= 15 is 0 Å². The van der Waals surface area contributed by atoms with Gasteiger partial charge in [0, 0.05) is 12.2 Å². The van der Waals surface area contributed by atoms with Crippen molar-refractivity contribution in [3.63, 3.8) is 0 Å². The molecule has 0 bridgehead atoms. The number of aryl methyl sites for hydroxylation is 1. The Labute approximate surface area is 172 Å². The topological polar surface area (TPSA) is 49.8 Å². The first kappa shape index (κ1) is 20.5. The summed E-state index contributed by atoms with van der Waals surface area (Å²) >= 11 is 0. The molecule has 0 heterocycles. The first-order valence-electron chi connectivity index (χ1n) is 9.85. The number of hydrogen-bond donors (Lipinski definition) is 1. The van der Waals surface area contributed by atoms with Gasteiger partial charge in [-0.3, -0.25) is 0 Å². The van der Waals surface area contributed by atoms with Crippen molar-refractivity contribution in [3.05, 3.63) is 95.6 Å². The van der Waals surface area contributed by atoms with Gasteiger partial charge in [-0.1, -0.05) is 60.2 Å². The van der Waals surface area contributed by atoms with E-state index in [0.717, 1.165) is 34.5 Å². The van der Waals surface area contributed by atoms with E-state index in [9.17, 15) is 9.90 Å². The van der Waals surface area contributed by atoms with E-state index in [0.29, 0.717) is 13.2 Å². The minimum Gasteiger partial charge on any atom is -0.489 e. The molecule has 0 unspecified atom stereocenters. The molecule has 0 radical (unpaired) electrons. The first-order valence-corrected chi connectivity index (χ1v) is 9.85. The molecule has 0 amide bonds. The fourth-order valence-corrected chi connectivity index (χ4v) is 3.20. The maximum atomic E-state index is 11.6. The van der Waals surface area contributed by atoms with E-state index in [1.54, 1.807) is 6.92 Å². The molecule has 150 valence electrons. The number of ether oxygens (including phenoxy) is 1. The smallest absolute Gasteiger partial charge is 0.326 e. The lowest BCUT2D eigenvalue weighted by molar-refractivity contribution is -0.138. The van der Waals surface area contributed by atoms with Gasteiger partial charge < -0.3 is 14.7 Å². The van der Waals surface area contributed by atoms with Crippen molar-refractivity contribution in [2.45, 2.75) is 32.9 Å². The Kier molecular flexibility index (Phi) is 6.90. The number of carbonyl (C=O) groups is 1. The zero-order chi connectivity index (χ0) is 20.6. The Morgan fingerprint density at radius 3 is 2.34 bits per heavy atom. The minimum atomic E-state index is -0.828. The normalized spacial score (nSPS) is 11.7. The fraction of sp³-hybridized carbons (Fsp3) is 0.240. The van der Waals surface area contributed by atoms with E-state index in [4.69, 9.17) is 4.74 Å². The molecule has 0 aliphatic rings. The third-order valence-electron chi connectivity index (χ3n) is 4.98. The molecule has 1 atom stereocenters. The molecule has 4 nitrogen and oxygen atoms in total. The second-order valence-corrected chi connectivity index (χ2v) is 7.21. The van der Waals surface area contributed by atoms with Gasteiger partial charge in [0.2, 0.25) is 0 Å². The summed E-state index contributed by atoms with van der Waals surface area (Å²) in [6, 6.07) is 25.4. The second-order valence-electron chi connectivity index (χ2n) is 7.21. The number of anilines is 1. The average Bonchev–Trinajstić information content (AvgIpc) is 2.74. The highest BCUT2D eigenvalue weighted by Crippen LogP contribution is 2.21. The molecule has 3 rings (SSSR count). The molecule has 29 heavy (non-hydrogen) atoms. The van der Waals surface area contributed by atoms with Crippen LogP contribution in [-0.4, -0.2) is 23.7 Å². The van der Waals surface area contributed by atoms with Crippen LogP contribution in [0.3, 0.4) is 0 Å². The minimum absolute atomic E-state index is 0.524.